The van der Waals surface area contributed by atoms with Crippen LogP contribution in [0.4, 0.5) is 0 Å². The number of methoxy groups -OCH3 is 1. The highest BCUT2D eigenvalue weighted by Crippen LogP contribution is 2.29. The van der Waals surface area contributed by atoms with Crippen LogP contribution in [0.15, 0.2) is 0 Å². The lowest BCUT2D eigenvalue weighted by Gasteiger charge is -2.46. The van der Waals surface area contributed by atoms with E-state index in [0.29, 0.717) is 0 Å². The third-order valence-corrected chi connectivity index (χ3v) is 4.85. The van der Waals surface area contributed by atoms with Crippen LogP contribution in [-0.2, 0) is 38.3 Å². The second kappa shape index (κ2) is 9.41. The second-order valence-electron chi connectivity index (χ2n) is 6.36. The van der Waals surface area contributed by atoms with Crippen LogP contribution in [0.2, 0.25) is 0 Å². The molecule has 0 aliphatic carbocycles. The normalized spacial score (nSPS) is 43.8. The van der Waals surface area contributed by atoms with Gasteiger partial charge in [-0.2, -0.15) is 0 Å². The molecule has 2 aliphatic heterocycles. The molecule has 2 aliphatic rings. The maximum absolute atomic E-state index is 11.3. The van der Waals surface area contributed by atoms with E-state index in [1.807, 2.05) is 0 Å². The summed E-state index contributed by atoms with van der Waals surface area (Å²) in [5, 5.41) is 51.4. The first-order valence-electron chi connectivity index (χ1n) is 8.15. The highest BCUT2D eigenvalue weighted by Gasteiger charge is 2.50. The zero-order valence-electron chi connectivity index (χ0n) is 14.8. The Hall–Kier alpha value is -1.02. The maximum Gasteiger partial charge on any atom is 0.217 e. The Morgan fingerprint density at radius 1 is 1.07 bits per heavy atom. The molecule has 2 fully saturated rings. The molecule has 0 aromatic heterocycles. The maximum atomic E-state index is 11.3. The highest BCUT2D eigenvalue weighted by molar-refractivity contribution is 7.80. The number of aliphatic carboxylic acids is 1. The van der Waals surface area contributed by atoms with Gasteiger partial charge in [-0.15, -0.1) is 0 Å². The molecule has 29 heavy (non-hydrogen) atoms. The van der Waals surface area contributed by atoms with E-state index < -0.39 is 84.3 Å². The molecule has 0 bridgehead atoms. The van der Waals surface area contributed by atoms with E-state index in [0.717, 1.165) is 7.11 Å². The highest BCUT2D eigenvalue weighted by atomic mass is 32.3. The summed E-state index contributed by atoms with van der Waals surface area (Å²) in [5.41, 5.74) is 5.68. The lowest BCUT2D eigenvalue weighted by molar-refractivity contribution is -0.366. The van der Waals surface area contributed by atoms with Crippen molar-refractivity contribution in [3.8, 4) is 0 Å². The largest absolute Gasteiger partial charge is 0.726 e. The van der Waals surface area contributed by atoms with Gasteiger partial charge in [0.05, 0.1) is 18.6 Å². The van der Waals surface area contributed by atoms with E-state index in [1.165, 1.54) is 0 Å². The number of carbonyl (C=O) groups excluding carboxylic acids is 1. The fourth-order valence-electron chi connectivity index (χ4n) is 2.89. The molecule has 4 unspecified atom stereocenters. The Labute approximate surface area is 164 Å². The summed E-state index contributed by atoms with van der Waals surface area (Å²) >= 11 is 0. The van der Waals surface area contributed by atoms with Gasteiger partial charge in [0.2, 0.25) is 10.4 Å². The molecule has 0 spiro atoms. The topological polar surface area (TPSA) is 250 Å². The van der Waals surface area contributed by atoms with Gasteiger partial charge in [0.25, 0.3) is 0 Å². The predicted molar refractivity (Wildman–Crippen MR) is 81.9 cm³/mol. The number of aliphatic hydroxyl groups is 4. The SMILES string of the molecule is CO[C@@H]1OC(C(=O)[O-])[C@@H](O[C@H]2OC(COS(=O)(=O)[O-])[C@@H](O)[C@H](O)C2N)[C@H](O)C1O. The van der Waals surface area contributed by atoms with Gasteiger partial charge in [0.1, 0.15) is 42.7 Å². The van der Waals surface area contributed by atoms with Crippen LogP contribution in [0.25, 0.3) is 0 Å². The zero-order chi connectivity index (χ0) is 22.1. The van der Waals surface area contributed by atoms with Crippen LogP contribution in [0.5, 0.6) is 0 Å². The molecule has 15 nitrogen and oxygen atoms in total. The standard InChI is InChI=1S/C13H23NO14S/c1-24-13-8(18)7(17)9(10(28-13)11(19)20)27-12-4(14)6(16)5(15)3(26-12)2-25-29(21,22)23/h3-10,12-13,15-18H,2,14H2,1H3,(H,19,20)(H,21,22,23)/p-2/t3?,4?,5-,6-,7-,8?,9+,10?,12-,13-/m1/s1. The minimum absolute atomic E-state index is 1.02. The second-order valence-corrected chi connectivity index (χ2v) is 7.41. The van der Waals surface area contributed by atoms with E-state index in [2.05, 4.69) is 4.18 Å². The molecule has 2 rings (SSSR count). The molecule has 0 amide bonds. The van der Waals surface area contributed by atoms with Gasteiger partial charge in [-0.3, -0.25) is 4.18 Å². The first kappa shape index (κ1) is 24.3. The number of carbonyl (C=O) groups is 1. The van der Waals surface area contributed by atoms with Crippen molar-refractivity contribution in [2.45, 2.75) is 61.3 Å². The minimum atomic E-state index is -5.16. The van der Waals surface area contributed by atoms with Crippen LogP contribution < -0.4 is 10.8 Å². The monoisotopic (exact) mass is 447 g/mol. The van der Waals surface area contributed by atoms with E-state index in [4.69, 9.17) is 24.7 Å². The average molecular weight is 447 g/mol. The van der Waals surface area contributed by atoms with Crippen LogP contribution in [0.3, 0.4) is 0 Å². The van der Waals surface area contributed by atoms with Crippen molar-refractivity contribution in [3.63, 3.8) is 0 Å². The van der Waals surface area contributed by atoms with E-state index in [9.17, 15) is 43.3 Å². The number of rotatable bonds is 7. The van der Waals surface area contributed by atoms with Crippen molar-refractivity contribution >= 4 is 16.4 Å². The Kier molecular flexibility index (Phi) is 7.87. The Balaban J connectivity index is 2.19. The summed E-state index contributed by atoms with van der Waals surface area (Å²) in [5.74, 6) is -1.84. The lowest BCUT2D eigenvalue weighted by atomic mass is 9.96. The predicted octanol–water partition coefficient (Wildman–Crippen LogP) is -6.53. The average Bonchev–Trinajstić information content (AvgIpc) is 2.63. The lowest BCUT2D eigenvalue weighted by Crippen LogP contribution is -2.67. The summed E-state index contributed by atoms with van der Waals surface area (Å²) < 4.78 is 55.8. The Morgan fingerprint density at radius 2 is 1.69 bits per heavy atom. The van der Waals surface area contributed by atoms with Crippen LogP contribution in [-0.4, -0.2) is 114 Å². The van der Waals surface area contributed by atoms with E-state index in [1.54, 1.807) is 0 Å². The summed E-state index contributed by atoms with van der Waals surface area (Å²) in [6.07, 6.45) is -15.9. The van der Waals surface area contributed by atoms with Crippen molar-refractivity contribution in [2.75, 3.05) is 13.7 Å². The van der Waals surface area contributed by atoms with Crippen LogP contribution in [0, 0.1) is 0 Å². The van der Waals surface area contributed by atoms with Crippen molar-refractivity contribution in [1.82, 2.24) is 0 Å². The Bertz CT molecular complexity index is 674. The molecular weight excluding hydrogens is 426 g/mol. The molecule has 6 N–H and O–H groups in total. The number of carboxylic acid groups (broad SMARTS) is 1. The van der Waals surface area contributed by atoms with E-state index in [-0.39, 0.29) is 0 Å². The molecular formula is C13H21NO14S-2. The van der Waals surface area contributed by atoms with Gasteiger partial charge in [0.15, 0.2) is 12.6 Å². The van der Waals surface area contributed by atoms with Gasteiger partial charge < -0.3 is 59.6 Å². The van der Waals surface area contributed by atoms with E-state index >= 15 is 0 Å². The third-order valence-electron chi connectivity index (χ3n) is 4.43. The number of carboxylic acids is 1. The fraction of sp³-hybridized carbons (Fsp3) is 0.923. The van der Waals surface area contributed by atoms with Crippen molar-refractivity contribution < 1.29 is 66.4 Å². The van der Waals surface area contributed by atoms with Gasteiger partial charge in [0, 0.05) is 7.11 Å². The first-order chi connectivity index (χ1) is 13.4. The van der Waals surface area contributed by atoms with Crippen LogP contribution in [0.1, 0.15) is 0 Å². The zero-order valence-corrected chi connectivity index (χ0v) is 15.7. The number of ether oxygens (including phenoxy) is 4. The minimum Gasteiger partial charge on any atom is -0.726 e. The first-order valence-corrected chi connectivity index (χ1v) is 9.48. The van der Waals surface area contributed by atoms with Crippen molar-refractivity contribution in [1.29, 1.82) is 0 Å². The molecule has 16 heteroatoms. The summed E-state index contributed by atoms with van der Waals surface area (Å²) in [6.45, 7) is -1.02. The number of aliphatic hydroxyl groups excluding tert-OH is 4. The number of hydrogen-bond donors (Lipinski definition) is 5. The smallest absolute Gasteiger partial charge is 0.217 e. The number of nitrogens with two attached hydrogens (primary N) is 1. The fourth-order valence-corrected chi connectivity index (χ4v) is 3.19. The van der Waals surface area contributed by atoms with Gasteiger partial charge in [-0.1, -0.05) is 0 Å². The van der Waals surface area contributed by atoms with Crippen molar-refractivity contribution in [2.24, 2.45) is 5.73 Å². The molecule has 0 saturated carbocycles. The molecule has 170 valence electrons. The molecule has 2 saturated heterocycles. The van der Waals surface area contributed by atoms with Gasteiger partial charge in [-0.05, 0) is 0 Å². The third kappa shape index (κ3) is 5.57. The molecule has 2 heterocycles. The van der Waals surface area contributed by atoms with Gasteiger partial charge >= 0.3 is 0 Å². The summed E-state index contributed by atoms with van der Waals surface area (Å²) in [6, 6.07) is -1.52. The summed E-state index contributed by atoms with van der Waals surface area (Å²) in [7, 11) is -4.07. The van der Waals surface area contributed by atoms with Gasteiger partial charge in [-0.25, -0.2) is 8.42 Å². The quantitative estimate of drug-likeness (QED) is 0.180. The number of hydrogen-bond acceptors (Lipinski definition) is 15. The molecule has 10 atom stereocenters. The van der Waals surface area contributed by atoms with Crippen LogP contribution >= 0.6 is 0 Å². The Morgan fingerprint density at radius 3 is 2.21 bits per heavy atom. The van der Waals surface area contributed by atoms with Crippen molar-refractivity contribution in [3.05, 3.63) is 0 Å². The molecule has 0 radical (unpaired) electrons. The summed E-state index contributed by atoms with van der Waals surface area (Å²) in [4.78, 5) is 11.3. The molecule has 0 aromatic rings. The molecule has 0 aromatic carbocycles.